The molecule has 0 aromatic heterocycles. The molecule has 0 unspecified atom stereocenters. The monoisotopic (exact) mass is 325 g/mol. The molecule has 1 N–H and O–H groups in total. The summed E-state index contributed by atoms with van der Waals surface area (Å²) in [5, 5.41) is 17.4. The summed E-state index contributed by atoms with van der Waals surface area (Å²) in [6.45, 7) is 0. The molecular weight excluding hydrogens is 323 g/mol. The van der Waals surface area contributed by atoms with E-state index in [1.165, 1.54) is 0 Å². The smallest absolute Gasteiger partial charge is 0.446 e. The second-order valence-corrected chi connectivity index (χ2v) is 4.70. The van der Waals surface area contributed by atoms with E-state index in [1.807, 2.05) is 0 Å². The molecule has 17 heavy (non-hydrogen) atoms. The number of nitriles is 1. The van der Waals surface area contributed by atoms with Crippen LogP contribution < -0.4 is 0 Å². The molecule has 1 aromatic carbocycles. The highest BCUT2D eigenvalue weighted by Gasteiger charge is 2.31. The molecule has 0 saturated carbocycles. The van der Waals surface area contributed by atoms with Crippen molar-refractivity contribution in [3.05, 3.63) is 27.7 Å². The van der Waals surface area contributed by atoms with Crippen molar-refractivity contribution in [3.8, 4) is 6.07 Å². The number of alkyl halides is 3. The van der Waals surface area contributed by atoms with Gasteiger partial charge in [-0.25, -0.2) is 4.79 Å². The minimum Gasteiger partial charge on any atom is -0.478 e. The lowest BCUT2D eigenvalue weighted by atomic mass is 10.1. The Morgan fingerprint density at radius 2 is 2.06 bits per heavy atom. The normalized spacial score (nSPS) is 11.0. The van der Waals surface area contributed by atoms with Crippen molar-refractivity contribution in [3.63, 3.8) is 0 Å². The van der Waals surface area contributed by atoms with Gasteiger partial charge in [0, 0.05) is 9.37 Å². The van der Waals surface area contributed by atoms with Crippen LogP contribution in [-0.4, -0.2) is 16.6 Å². The van der Waals surface area contributed by atoms with Gasteiger partial charge in [0.2, 0.25) is 0 Å². The van der Waals surface area contributed by atoms with Crippen molar-refractivity contribution in [2.24, 2.45) is 0 Å². The van der Waals surface area contributed by atoms with E-state index >= 15 is 0 Å². The van der Waals surface area contributed by atoms with Crippen molar-refractivity contribution in [1.29, 1.82) is 5.26 Å². The molecule has 0 aliphatic rings. The third-order valence-corrected chi connectivity index (χ3v) is 3.51. The van der Waals surface area contributed by atoms with Crippen LogP contribution in [0.4, 0.5) is 13.2 Å². The Hall–Kier alpha value is -1.20. The first-order valence-electron chi connectivity index (χ1n) is 3.97. The molecule has 0 heterocycles. The fraction of sp³-hybridized carbons (Fsp3) is 0.111. The lowest BCUT2D eigenvalue weighted by Gasteiger charge is -2.09. The Bertz CT molecular complexity index is 510. The van der Waals surface area contributed by atoms with E-state index in [0.717, 1.165) is 12.1 Å². The van der Waals surface area contributed by atoms with Crippen LogP contribution >= 0.6 is 27.7 Å². The second kappa shape index (κ2) is 4.98. The van der Waals surface area contributed by atoms with Crippen molar-refractivity contribution in [2.45, 2.75) is 10.4 Å². The number of benzene rings is 1. The zero-order valence-corrected chi connectivity index (χ0v) is 10.3. The Labute approximate surface area is 106 Å². The number of rotatable bonds is 2. The van der Waals surface area contributed by atoms with E-state index in [9.17, 15) is 18.0 Å². The standard InChI is InChI=1S/C9H3BrF3NO2S/c10-7-5(8(15)16)1-4(3-14)2-6(7)17-9(11,12)13/h1-2H,(H,15,16). The highest BCUT2D eigenvalue weighted by molar-refractivity contribution is 9.10. The van der Waals surface area contributed by atoms with E-state index in [2.05, 4.69) is 15.9 Å². The molecule has 0 saturated heterocycles. The number of nitrogens with zero attached hydrogens (tertiary/aromatic N) is 1. The molecule has 0 atom stereocenters. The van der Waals surface area contributed by atoms with Crippen LogP contribution in [0.5, 0.6) is 0 Å². The van der Waals surface area contributed by atoms with E-state index in [0.29, 0.717) is 0 Å². The molecule has 0 bridgehead atoms. The topological polar surface area (TPSA) is 61.1 Å². The number of carbonyl (C=O) groups is 1. The summed E-state index contributed by atoms with van der Waals surface area (Å²) in [5.74, 6) is -1.40. The van der Waals surface area contributed by atoms with Gasteiger partial charge in [0.05, 0.1) is 17.2 Å². The van der Waals surface area contributed by atoms with Gasteiger partial charge in [0.1, 0.15) is 0 Å². The molecule has 3 nitrogen and oxygen atoms in total. The van der Waals surface area contributed by atoms with Gasteiger partial charge in [-0.2, -0.15) is 18.4 Å². The zero-order chi connectivity index (χ0) is 13.2. The number of carboxylic acid groups (broad SMARTS) is 1. The molecule has 0 aliphatic carbocycles. The maximum absolute atomic E-state index is 12.2. The second-order valence-electron chi connectivity index (χ2n) is 2.80. The molecule has 0 radical (unpaired) electrons. The average Bonchev–Trinajstić information content (AvgIpc) is 2.18. The van der Waals surface area contributed by atoms with E-state index in [-0.39, 0.29) is 20.5 Å². The van der Waals surface area contributed by atoms with Gasteiger partial charge in [0.25, 0.3) is 0 Å². The van der Waals surface area contributed by atoms with Crippen molar-refractivity contribution in [2.75, 3.05) is 0 Å². The highest BCUT2D eigenvalue weighted by atomic mass is 79.9. The number of hydrogen-bond donors (Lipinski definition) is 1. The quantitative estimate of drug-likeness (QED) is 0.843. The Balaban J connectivity index is 3.35. The zero-order valence-electron chi connectivity index (χ0n) is 7.88. The lowest BCUT2D eigenvalue weighted by molar-refractivity contribution is -0.0328. The summed E-state index contributed by atoms with van der Waals surface area (Å²) in [6.07, 6.45) is 0. The summed E-state index contributed by atoms with van der Waals surface area (Å²) in [5.41, 5.74) is -5.07. The summed E-state index contributed by atoms with van der Waals surface area (Å²) in [7, 11) is 0. The highest BCUT2D eigenvalue weighted by Crippen LogP contribution is 2.41. The van der Waals surface area contributed by atoms with Crippen LogP contribution in [0, 0.1) is 11.3 Å². The van der Waals surface area contributed by atoms with E-state index < -0.39 is 23.2 Å². The fourth-order valence-corrected chi connectivity index (χ4v) is 2.29. The SMILES string of the molecule is N#Cc1cc(SC(F)(F)F)c(Br)c(C(=O)O)c1. The maximum atomic E-state index is 12.2. The Morgan fingerprint density at radius 3 is 2.47 bits per heavy atom. The molecule has 0 amide bonds. The number of aromatic carboxylic acids is 1. The van der Waals surface area contributed by atoms with Crippen LogP contribution in [0.15, 0.2) is 21.5 Å². The van der Waals surface area contributed by atoms with Gasteiger partial charge in [-0.3, -0.25) is 0 Å². The lowest BCUT2D eigenvalue weighted by Crippen LogP contribution is -2.03. The summed E-state index contributed by atoms with van der Waals surface area (Å²) in [4.78, 5) is 10.4. The van der Waals surface area contributed by atoms with E-state index in [1.54, 1.807) is 6.07 Å². The van der Waals surface area contributed by atoms with Crippen LogP contribution in [0.3, 0.4) is 0 Å². The van der Waals surface area contributed by atoms with Gasteiger partial charge in [-0.15, -0.1) is 0 Å². The minimum atomic E-state index is -4.55. The first kappa shape index (κ1) is 13.9. The van der Waals surface area contributed by atoms with Gasteiger partial charge >= 0.3 is 11.5 Å². The van der Waals surface area contributed by atoms with Crippen molar-refractivity contribution < 1.29 is 23.1 Å². The number of halogens is 4. The van der Waals surface area contributed by atoms with Crippen LogP contribution in [-0.2, 0) is 0 Å². The molecule has 90 valence electrons. The number of hydrogen-bond acceptors (Lipinski definition) is 3. The Kier molecular flexibility index (Phi) is 4.06. The third kappa shape index (κ3) is 3.64. The summed E-state index contributed by atoms with van der Waals surface area (Å²) < 4.78 is 36.4. The molecule has 1 aromatic rings. The largest absolute Gasteiger partial charge is 0.478 e. The number of thioether (sulfide) groups is 1. The first-order valence-corrected chi connectivity index (χ1v) is 5.58. The van der Waals surface area contributed by atoms with Gasteiger partial charge in [-0.05, 0) is 39.8 Å². The van der Waals surface area contributed by atoms with Crippen molar-refractivity contribution >= 4 is 33.7 Å². The van der Waals surface area contributed by atoms with Crippen LogP contribution in [0.25, 0.3) is 0 Å². The molecule has 8 heteroatoms. The Morgan fingerprint density at radius 1 is 1.47 bits per heavy atom. The van der Waals surface area contributed by atoms with Gasteiger partial charge in [-0.1, -0.05) is 0 Å². The van der Waals surface area contributed by atoms with Gasteiger partial charge in [0.15, 0.2) is 0 Å². The third-order valence-electron chi connectivity index (χ3n) is 1.62. The fourth-order valence-electron chi connectivity index (χ4n) is 1.02. The summed E-state index contributed by atoms with van der Waals surface area (Å²) in [6, 6.07) is 3.60. The molecular formula is C9H3BrF3NO2S. The van der Waals surface area contributed by atoms with E-state index in [4.69, 9.17) is 10.4 Å². The first-order chi connectivity index (χ1) is 7.74. The molecule has 1 rings (SSSR count). The predicted octanol–water partition coefficient (Wildman–Crippen LogP) is 3.63. The predicted molar refractivity (Wildman–Crippen MR) is 57.7 cm³/mol. The minimum absolute atomic E-state index is 0.141. The molecule has 0 aliphatic heterocycles. The van der Waals surface area contributed by atoms with Crippen LogP contribution in [0.1, 0.15) is 15.9 Å². The summed E-state index contributed by atoms with van der Waals surface area (Å²) >= 11 is 2.31. The molecule has 0 spiro atoms. The maximum Gasteiger partial charge on any atom is 0.446 e. The van der Waals surface area contributed by atoms with Crippen LogP contribution in [0.2, 0.25) is 0 Å². The van der Waals surface area contributed by atoms with Gasteiger partial charge < -0.3 is 5.11 Å². The number of carboxylic acids is 1. The van der Waals surface area contributed by atoms with Crippen molar-refractivity contribution in [1.82, 2.24) is 0 Å². The average molecular weight is 326 g/mol. The molecule has 0 fully saturated rings.